The first-order chi connectivity index (χ1) is 10.0. The summed E-state index contributed by atoms with van der Waals surface area (Å²) in [6.07, 6.45) is 0. The number of methoxy groups -OCH3 is 1. The predicted octanol–water partition coefficient (Wildman–Crippen LogP) is 3.62. The lowest BCUT2D eigenvalue weighted by Crippen LogP contribution is -1.98. The average molecular weight is 353 g/mol. The lowest BCUT2D eigenvalue weighted by atomic mass is 10.2. The molecule has 0 aliphatic rings. The Kier molecular flexibility index (Phi) is 4.77. The summed E-state index contributed by atoms with van der Waals surface area (Å²) in [6, 6.07) is 9.58. The molecule has 110 valence electrons. The van der Waals surface area contributed by atoms with Crippen LogP contribution in [0.2, 0.25) is 0 Å². The monoisotopic (exact) mass is 352 g/mol. The van der Waals surface area contributed by atoms with Gasteiger partial charge in [-0.1, -0.05) is 22.0 Å². The van der Waals surface area contributed by atoms with E-state index in [9.17, 15) is 10.1 Å². The first-order valence-electron chi connectivity index (χ1n) is 6.04. The third-order valence-corrected chi connectivity index (χ3v) is 3.57. The summed E-state index contributed by atoms with van der Waals surface area (Å²) in [7, 11) is 1.43. The minimum atomic E-state index is -0.487. The molecule has 2 rings (SSSR count). The third kappa shape index (κ3) is 3.50. The van der Waals surface area contributed by atoms with Crippen LogP contribution in [0.15, 0.2) is 40.9 Å². The Bertz CT molecular complexity index is 676. The first kappa shape index (κ1) is 15.3. The fourth-order valence-corrected chi connectivity index (χ4v) is 2.26. The number of non-ortho nitro benzene ring substituents is 1. The van der Waals surface area contributed by atoms with Gasteiger partial charge in [-0.3, -0.25) is 10.1 Å². The number of nitro groups is 1. The van der Waals surface area contributed by atoms with Crippen molar-refractivity contribution >= 4 is 21.6 Å². The van der Waals surface area contributed by atoms with Gasteiger partial charge in [-0.2, -0.15) is 0 Å². The normalized spacial score (nSPS) is 10.2. The van der Waals surface area contributed by atoms with E-state index in [2.05, 4.69) is 15.9 Å². The zero-order valence-corrected chi connectivity index (χ0v) is 12.8. The van der Waals surface area contributed by atoms with E-state index in [1.54, 1.807) is 12.1 Å². The first-order valence-corrected chi connectivity index (χ1v) is 6.83. The van der Waals surface area contributed by atoms with Crippen LogP contribution in [0.4, 0.5) is 5.69 Å². The van der Waals surface area contributed by atoms with E-state index >= 15 is 0 Å². The van der Waals surface area contributed by atoms with Gasteiger partial charge in [0.05, 0.1) is 18.1 Å². The van der Waals surface area contributed by atoms with E-state index in [1.807, 2.05) is 6.07 Å². The average Bonchev–Trinajstić information content (AvgIpc) is 2.47. The number of hydrogen-bond acceptors (Lipinski definition) is 5. The molecule has 2 aromatic rings. The molecule has 0 saturated carbocycles. The second-order valence-corrected chi connectivity index (χ2v) is 5.01. The zero-order valence-electron chi connectivity index (χ0n) is 11.2. The highest BCUT2D eigenvalue weighted by molar-refractivity contribution is 9.10. The molecule has 6 nitrogen and oxygen atoms in total. The fraction of sp³-hybridized carbons (Fsp3) is 0.143. The summed E-state index contributed by atoms with van der Waals surface area (Å²) in [4.78, 5) is 10.3. The SMILES string of the molecule is COc1cc([N+](=O)[O-])ccc1Oc1ccc(CN)c(Br)c1. The second-order valence-electron chi connectivity index (χ2n) is 4.15. The molecule has 0 bridgehead atoms. The van der Waals surface area contributed by atoms with Crippen LogP contribution in [-0.2, 0) is 6.54 Å². The Morgan fingerprint density at radius 3 is 2.57 bits per heavy atom. The van der Waals surface area contributed by atoms with E-state index in [1.165, 1.54) is 25.3 Å². The van der Waals surface area contributed by atoms with Gasteiger partial charge < -0.3 is 15.2 Å². The number of benzene rings is 2. The number of hydrogen-bond donors (Lipinski definition) is 1. The van der Waals surface area contributed by atoms with E-state index in [0.717, 1.165) is 10.0 Å². The van der Waals surface area contributed by atoms with Gasteiger partial charge in [0.2, 0.25) is 0 Å². The van der Waals surface area contributed by atoms with E-state index < -0.39 is 4.92 Å². The van der Waals surface area contributed by atoms with E-state index in [0.29, 0.717) is 23.8 Å². The molecule has 0 saturated heterocycles. The maximum absolute atomic E-state index is 10.7. The van der Waals surface area contributed by atoms with Crippen molar-refractivity contribution in [2.75, 3.05) is 7.11 Å². The molecule has 0 unspecified atom stereocenters. The summed E-state index contributed by atoms with van der Waals surface area (Å²) < 4.78 is 11.7. The Labute approximate surface area is 129 Å². The van der Waals surface area contributed by atoms with Gasteiger partial charge in [0.25, 0.3) is 5.69 Å². The highest BCUT2D eigenvalue weighted by atomic mass is 79.9. The quantitative estimate of drug-likeness (QED) is 0.655. The maximum Gasteiger partial charge on any atom is 0.273 e. The molecule has 2 N–H and O–H groups in total. The van der Waals surface area contributed by atoms with Crippen molar-refractivity contribution in [3.63, 3.8) is 0 Å². The third-order valence-electron chi connectivity index (χ3n) is 2.83. The summed E-state index contributed by atoms with van der Waals surface area (Å²) in [5.74, 6) is 1.27. The van der Waals surface area contributed by atoms with Crippen molar-refractivity contribution in [2.45, 2.75) is 6.54 Å². The van der Waals surface area contributed by atoms with Crippen LogP contribution < -0.4 is 15.2 Å². The number of ether oxygens (including phenoxy) is 2. The molecule has 0 amide bonds. The largest absolute Gasteiger partial charge is 0.493 e. The van der Waals surface area contributed by atoms with Crippen molar-refractivity contribution in [3.05, 3.63) is 56.5 Å². The standard InChI is InChI=1S/C14H13BrN2O4/c1-20-14-6-10(17(18)19)3-5-13(14)21-11-4-2-9(8-16)12(15)7-11/h2-7H,8,16H2,1H3. The lowest BCUT2D eigenvalue weighted by molar-refractivity contribution is -0.384. The minimum Gasteiger partial charge on any atom is -0.493 e. The van der Waals surface area contributed by atoms with Gasteiger partial charge in [0, 0.05) is 17.1 Å². The van der Waals surface area contributed by atoms with Crippen molar-refractivity contribution < 1.29 is 14.4 Å². The van der Waals surface area contributed by atoms with Gasteiger partial charge in [-0.15, -0.1) is 0 Å². The fourth-order valence-electron chi connectivity index (χ4n) is 1.74. The summed E-state index contributed by atoms with van der Waals surface area (Å²) >= 11 is 3.41. The molecular formula is C14H13BrN2O4. The zero-order chi connectivity index (χ0) is 15.4. The van der Waals surface area contributed by atoms with Crippen LogP contribution in [0.1, 0.15) is 5.56 Å². The molecule has 2 aromatic carbocycles. The second kappa shape index (κ2) is 6.55. The van der Waals surface area contributed by atoms with Gasteiger partial charge in [-0.25, -0.2) is 0 Å². The number of halogens is 1. The number of nitro benzene ring substituents is 1. The van der Waals surface area contributed by atoms with Gasteiger partial charge in [-0.05, 0) is 23.8 Å². The van der Waals surface area contributed by atoms with Crippen molar-refractivity contribution in [1.82, 2.24) is 0 Å². The van der Waals surface area contributed by atoms with E-state index in [4.69, 9.17) is 15.2 Å². The number of nitrogens with two attached hydrogens (primary N) is 1. The minimum absolute atomic E-state index is 0.0566. The Balaban J connectivity index is 2.30. The topological polar surface area (TPSA) is 87.6 Å². The van der Waals surface area contributed by atoms with Crippen molar-refractivity contribution in [1.29, 1.82) is 0 Å². The maximum atomic E-state index is 10.7. The Morgan fingerprint density at radius 1 is 1.24 bits per heavy atom. The lowest BCUT2D eigenvalue weighted by Gasteiger charge is -2.11. The van der Waals surface area contributed by atoms with Crippen LogP contribution in [0.3, 0.4) is 0 Å². The predicted molar refractivity (Wildman–Crippen MR) is 81.8 cm³/mol. The summed E-state index contributed by atoms with van der Waals surface area (Å²) in [6.45, 7) is 0.418. The van der Waals surface area contributed by atoms with Gasteiger partial charge >= 0.3 is 0 Å². The molecule has 0 atom stereocenters. The Morgan fingerprint density at radius 2 is 2.00 bits per heavy atom. The molecule has 0 aliphatic heterocycles. The molecular weight excluding hydrogens is 340 g/mol. The Hall–Kier alpha value is -2.12. The summed E-state index contributed by atoms with van der Waals surface area (Å²) in [5.41, 5.74) is 6.49. The van der Waals surface area contributed by atoms with Gasteiger partial charge in [0.1, 0.15) is 5.75 Å². The van der Waals surface area contributed by atoms with Crippen molar-refractivity contribution in [2.24, 2.45) is 5.73 Å². The molecule has 21 heavy (non-hydrogen) atoms. The number of rotatable bonds is 5. The molecule has 0 spiro atoms. The summed E-state index contributed by atoms with van der Waals surface area (Å²) in [5, 5.41) is 10.7. The van der Waals surface area contributed by atoms with Crippen LogP contribution in [0, 0.1) is 10.1 Å². The molecule has 0 aromatic heterocycles. The molecule has 7 heteroatoms. The smallest absolute Gasteiger partial charge is 0.273 e. The highest BCUT2D eigenvalue weighted by Gasteiger charge is 2.13. The van der Waals surface area contributed by atoms with Crippen molar-refractivity contribution in [3.8, 4) is 17.2 Å². The molecule has 0 heterocycles. The van der Waals surface area contributed by atoms with Crippen LogP contribution >= 0.6 is 15.9 Å². The van der Waals surface area contributed by atoms with Crippen LogP contribution in [-0.4, -0.2) is 12.0 Å². The molecule has 0 fully saturated rings. The van der Waals surface area contributed by atoms with Crippen LogP contribution in [0.5, 0.6) is 17.2 Å². The van der Waals surface area contributed by atoms with Gasteiger partial charge in [0.15, 0.2) is 11.5 Å². The van der Waals surface area contributed by atoms with Crippen LogP contribution in [0.25, 0.3) is 0 Å². The molecule has 0 radical (unpaired) electrons. The highest BCUT2D eigenvalue weighted by Crippen LogP contribution is 2.35. The number of nitrogens with zero attached hydrogens (tertiary/aromatic N) is 1. The van der Waals surface area contributed by atoms with E-state index in [-0.39, 0.29) is 5.69 Å². The molecule has 0 aliphatic carbocycles.